The molecule has 0 saturated carbocycles. The van der Waals surface area contributed by atoms with Gasteiger partial charge in [-0.2, -0.15) is 0 Å². The monoisotopic (exact) mass is 265 g/mol. The van der Waals surface area contributed by atoms with Gasteiger partial charge in [0.1, 0.15) is 12.4 Å². The maximum Gasteiger partial charge on any atom is 0.121 e. The number of rotatable bonds is 6. The lowest BCUT2D eigenvalue weighted by molar-refractivity contribution is 0.144. The molecule has 19 heavy (non-hydrogen) atoms. The third-order valence-corrected chi connectivity index (χ3v) is 3.21. The molecule has 0 aliphatic carbocycles. The summed E-state index contributed by atoms with van der Waals surface area (Å²) in [6.07, 6.45) is 3.35. The molecular formula is C15H23NO3. The normalized spacial score (nSPS) is 19.7. The van der Waals surface area contributed by atoms with Crippen molar-refractivity contribution in [3.63, 3.8) is 0 Å². The van der Waals surface area contributed by atoms with Crippen molar-refractivity contribution in [2.24, 2.45) is 0 Å². The summed E-state index contributed by atoms with van der Waals surface area (Å²) >= 11 is 0. The van der Waals surface area contributed by atoms with Gasteiger partial charge in [-0.05, 0) is 31.4 Å². The van der Waals surface area contributed by atoms with E-state index in [-0.39, 0.29) is 0 Å². The summed E-state index contributed by atoms with van der Waals surface area (Å²) in [5.74, 6) is 0.881. The zero-order valence-corrected chi connectivity index (χ0v) is 11.6. The lowest BCUT2D eigenvalue weighted by Crippen LogP contribution is -2.19. The van der Waals surface area contributed by atoms with E-state index in [0.29, 0.717) is 19.3 Å². The van der Waals surface area contributed by atoms with Gasteiger partial charge in [-0.3, -0.25) is 0 Å². The minimum absolute atomic E-state index is 0.497. The van der Waals surface area contributed by atoms with Crippen LogP contribution in [0.5, 0.6) is 5.75 Å². The minimum atomic E-state index is 0.497. The van der Waals surface area contributed by atoms with E-state index in [2.05, 4.69) is 11.4 Å². The van der Waals surface area contributed by atoms with Crippen LogP contribution in [0.25, 0.3) is 0 Å². The van der Waals surface area contributed by atoms with E-state index >= 15 is 0 Å². The van der Waals surface area contributed by atoms with Crippen molar-refractivity contribution in [1.29, 1.82) is 0 Å². The molecular weight excluding hydrogens is 242 g/mol. The van der Waals surface area contributed by atoms with Gasteiger partial charge < -0.3 is 19.5 Å². The minimum Gasteiger partial charge on any atom is -0.491 e. The van der Waals surface area contributed by atoms with Gasteiger partial charge >= 0.3 is 0 Å². The van der Waals surface area contributed by atoms with Gasteiger partial charge in [0.25, 0.3) is 0 Å². The van der Waals surface area contributed by atoms with E-state index in [1.807, 2.05) is 18.2 Å². The average molecular weight is 265 g/mol. The summed E-state index contributed by atoms with van der Waals surface area (Å²) in [7, 11) is 1.68. The van der Waals surface area contributed by atoms with E-state index in [4.69, 9.17) is 14.2 Å². The molecule has 1 atom stereocenters. The second-order valence-corrected chi connectivity index (χ2v) is 4.75. The van der Waals surface area contributed by atoms with Gasteiger partial charge in [-0.15, -0.1) is 0 Å². The molecule has 4 nitrogen and oxygen atoms in total. The second-order valence-electron chi connectivity index (χ2n) is 4.75. The van der Waals surface area contributed by atoms with Crippen molar-refractivity contribution in [3.05, 3.63) is 24.3 Å². The molecule has 1 aromatic carbocycles. The molecule has 0 aromatic heterocycles. The maximum absolute atomic E-state index is 5.61. The molecule has 1 fully saturated rings. The molecule has 1 N–H and O–H groups in total. The molecule has 0 amide bonds. The molecule has 1 aromatic rings. The highest BCUT2D eigenvalue weighted by atomic mass is 16.5. The number of anilines is 1. The Morgan fingerprint density at radius 2 is 2.21 bits per heavy atom. The summed E-state index contributed by atoms with van der Waals surface area (Å²) in [6.45, 7) is 2.93. The summed E-state index contributed by atoms with van der Waals surface area (Å²) in [5, 5.41) is 3.56. The predicted molar refractivity (Wildman–Crippen MR) is 75.9 cm³/mol. The average Bonchev–Trinajstić information content (AvgIpc) is 2.68. The van der Waals surface area contributed by atoms with Gasteiger partial charge in [0.2, 0.25) is 0 Å². The van der Waals surface area contributed by atoms with Crippen LogP contribution in [0, 0.1) is 0 Å². The van der Waals surface area contributed by atoms with E-state index in [1.165, 1.54) is 0 Å². The Morgan fingerprint density at radius 3 is 3.11 bits per heavy atom. The molecule has 1 heterocycles. The second kappa shape index (κ2) is 8.02. The first kappa shape index (κ1) is 14.2. The molecule has 2 rings (SSSR count). The van der Waals surface area contributed by atoms with Crippen LogP contribution >= 0.6 is 0 Å². The van der Waals surface area contributed by atoms with Crippen LogP contribution in [-0.2, 0) is 9.47 Å². The van der Waals surface area contributed by atoms with Crippen LogP contribution < -0.4 is 10.1 Å². The summed E-state index contributed by atoms with van der Waals surface area (Å²) < 4.78 is 16.1. The highest BCUT2D eigenvalue weighted by Crippen LogP contribution is 2.20. The maximum atomic E-state index is 5.61. The van der Waals surface area contributed by atoms with Crippen LogP contribution in [0.3, 0.4) is 0 Å². The third kappa shape index (κ3) is 5.09. The summed E-state index contributed by atoms with van der Waals surface area (Å²) in [4.78, 5) is 0. The van der Waals surface area contributed by atoms with Crippen LogP contribution in [-0.4, -0.2) is 39.6 Å². The summed E-state index contributed by atoms with van der Waals surface area (Å²) in [6, 6.07) is 8.60. The standard InChI is InChI=1S/C15H23NO3/c1-17-10-11-19-15-6-2-4-14(12-15)16-13-5-3-8-18-9-7-13/h2,4,6,12-13,16H,3,5,7-11H2,1H3. The first-order chi connectivity index (χ1) is 9.38. The molecule has 0 spiro atoms. The molecule has 0 bridgehead atoms. The third-order valence-electron chi connectivity index (χ3n) is 3.21. The highest BCUT2D eigenvalue weighted by molar-refractivity contribution is 5.48. The van der Waals surface area contributed by atoms with Crippen molar-refractivity contribution >= 4 is 5.69 Å². The Morgan fingerprint density at radius 1 is 1.26 bits per heavy atom. The van der Waals surface area contributed by atoms with Crippen molar-refractivity contribution in [2.45, 2.75) is 25.3 Å². The Labute approximate surface area is 115 Å². The number of hydrogen-bond acceptors (Lipinski definition) is 4. The van der Waals surface area contributed by atoms with Gasteiger partial charge in [-0.25, -0.2) is 0 Å². The lowest BCUT2D eigenvalue weighted by Gasteiger charge is -2.17. The number of benzene rings is 1. The van der Waals surface area contributed by atoms with Crippen molar-refractivity contribution in [2.75, 3.05) is 38.9 Å². The first-order valence-electron chi connectivity index (χ1n) is 6.94. The number of methoxy groups -OCH3 is 1. The first-order valence-corrected chi connectivity index (χ1v) is 6.94. The molecule has 4 heteroatoms. The van der Waals surface area contributed by atoms with Crippen molar-refractivity contribution in [1.82, 2.24) is 0 Å². The van der Waals surface area contributed by atoms with Gasteiger partial charge in [-0.1, -0.05) is 6.07 Å². The van der Waals surface area contributed by atoms with E-state index in [9.17, 15) is 0 Å². The van der Waals surface area contributed by atoms with E-state index in [0.717, 1.165) is 43.9 Å². The van der Waals surface area contributed by atoms with E-state index < -0.39 is 0 Å². The van der Waals surface area contributed by atoms with Crippen molar-refractivity contribution in [3.8, 4) is 5.75 Å². The lowest BCUT2D eigenvalue weighted by atomic mass is 10.1. The van der Waals surface area contributed by atoms with Crippen molar-refractivity contribution < 1.29 is 14.2 Å². The van der Waals surface area contributed by atoms with Gasteiger partial charge in [0.15, 0.2) is 0 Å². The SMILES string of the molecule is COCCOc1cccc(NC2CCCOCC2)c1. The van der Waals surface area contributed by atoms with Gasteiger partial charge in [0, 0.05) is 38.1 Å². The molecule has 0 radical (unpaired) electrons. The van der Waals surface area contributed by atoms with Crippen LogP contribution in [0.2, 0.25) is 0 Å². The number of ether oxygens (including phenoxy) is 3. The molecule has 106 valence electrons. The topological polar surface area (TPSA) is 39.7 Å². The largest absolute Gasteiger partial charge is 0.491 e. The molecule has 1 unspecified atom stereocenters. The smallest absolute Gasteiger partial charge is 0.121 e. The fourth-order valence-electron chi connectivity index (χ4n) is 2.20. The Balaban J connectivity index is 1.86. The van der Waals surface area contributed by atoms with E-state index in [1.54, 1.807) is 7.11 Å². The molecule has 1 aliphatic heterocycles. The number of nitrogens with one attached hydrogen (secondary N) is 1. The van der Waals surface area contributed by atoms with Crippen LogP contribution in [0.4, 0.5) is 5.69 Å². The number of hydrogen-bond donors (Lipinski definition) is 1. The summed E-state index contributed by atoms with van der Waals surface area (Å²) in [5.41, 5.74) is 1.11. The fraction of sp³-hybridized carbons (Fsp3) is 0.600. The molecule has 1 aliphatic rings. The van der Waals surface area contributed by atoms with Crippen LogP contribution in [0.1, 0.15) is 19.3 Å². The fourth-order valence-corrected chi connectivity index (χ4v) is 2.20. The Kier molecular flexibility index (Phi) is 5.98. The predicted octanol–water partition coefficient (Wildman–Crippen LogP) is 2.69. The molecule has 1 saturated heterocycles. The zero-order valence-electron chi connectivity index (χ0n) is 11.6. The quantitative estimate of drug-likeness (QED) is 0.803. The van der Waals surface area contributed by atoms with Gasteiger partial charge in [0.05, 0.1) is 6.61 Å². The van der Waals surface area contributed by atoms with Crippen LogP contribution in [0.15, 0.2) is 24.3 Å². The highest BCUT2D eigenvalue weighted by Gasteiger charge is 2.12. The Bertz CT molecular complexity index is 362. The zero-order chi connectivity index (χ0) is 13.3. The Hall–Kier alpha value is -1.26.